The molecule has 2 heterocycles. The second-order valence-electron chi connectivity index (χ2n) is 6.13. The van der Waals surface area contributed by atoms with Gasteiger partial charge in [0.05, 0.1) is 5.69 Å². The number of hydrogen-bond acceptors (Lipinski definition) is 5. The summed E-state index contributed by atoms with van der Waals surface area (Å²) >= 11 is 0. The molecule has 3 aromatic rings. The average Bonchev–Trinajstić information content (AvgIpc) is 2.68. The maximum absolute atomic E-state index is 13.0. The number of aromatic nitrogens is 3. The summed E-state index contributed by atoms with van der Waals surface area (Å²) in [5.74, 6) is 1.05. The van der Waals surface area contributed by atoms with E-state index in [2.05, 4.69) is 39.4 Å². The second kappa shape index (κ2) is 8.38. The van der Waals surface area contributed by atoms with Gasteiger partial charge in [0.15, 0.2) is 0 Å². The maximum atomic E-state index is 13.0. The maximum Gasteiger partial charge on any atom is 0.225 e. The Morgan fingerprint density at radius 3 is 2.46 bits per heavy atom. The Balaban J connectivity index is 1.85. The van der Waals surface area contributed by atoms with E-state index in [1.807, 2.05) is 18.2 Å². The van der Waals surface area contributed by atoms with E-state index in [4.69, 9.17) is 0 Å². The van der Waals surface area contributed by atoms with Crippen LogP contribution in [0.1, 0.15) is 25.8 Å². The first-order valence-corrected chi connectivity index (χ1v) is 8.68. The van der Waals surface area contributed by atoms with Gasteiger partial charge in [-0.3, -0.25) is 4.98 Å². The van der Waals surface area contributed by atoms with Crippen molar-refractivity contribution >= 4 is 11.8 Å². The number of hydrogen-bond donors (Lipinski definition) is 2. The van der Waals surface area contributed by atoms with Crippen molar-refractivity contribution in [3.05, 3.63) is 66.2 Å². The molecular weight excluding hydrogens is 329 g/mol. The van der Waals surface area contributed by atoms with Crippen molar-refractivity contribution < 1.29 is 4.39 Å². The summed E-state index contributed by atoms with van der Waals surface area (Å²) in [6, 6.07) is 12.4. The Morgan fingerprint density at radius 2 is 1.77 bits per heavy atom. The minimum absolute atomic E-state index is 0.240. The second-order valence-corrected chi connectivity index (χ2v) is 6.13. The largest absolute Gasteiger partial charge is 0.366 e. The highest BCUT2D eigenvalue weighted by Gasteiger charge is 2.09. The molecule has 0 unspecified atom stereocenters. The van der Waals surface area contributed by atoms with Gasteiger partial charge in [0, 0.05) is 36.6 Å². The molecule has 2 N–H and O–H groups in total. The number of rotatable bonds is 7. The molecule has 0 spiro atoms. The molecule has 0 saturated heterocycles. The summed E-state index contributed by atoms with van der Waals surface area (Å²) in [4.78, 5) is 13.2. The van der Waals surface area contributed by atoms with Crippen LogP contribution in [0, 0.1) is 5.82 Å². The summed E-state index contributed by atoms with van der Waals surface area (Å²) in [6.45, 7) is 4.75. The van der Waals surface area contributed by atoms with Crippen molar-refractivity contribution in [2.24, 2.45) is 0 Å². The van der Waals surface area contributed by atoms with Gasteiger partial charge in [-0.25, -0.2) is 9.37 Å². The van der Waals surface area contributed by atoms with Crippen LogP contribution < -0.4 is 10.6 Å². The van der Waals surface area contributed by atoms with Crippen LogP contribution in [-0.2, 0) is 6.54 Å². The molecule has 0 radical (unpaired) electrons. The van der Waals surface area contributed by atoms with Gasteiger partial charge in [-0.1, -0.05) is 19.1 Å². The van der Waals surface area contributed by atoms with Crippen LogP contribution in [0.5, 0.6) is 0 Å². The first-order chi connectivity index (χ1) is 12.6. The lowest BCUT2D eigenvalue weighted by Gasteiger charge is -2.14. The van der Waals surface area contributed by atoms with Crippen LogP contribution in [0.15, 0.2) is 54.9 Å². The zero-order chi connectivity index (χ0) is 18.4. The molecule has 3 rings (SSSR count). The first-order valence-electron chi connectivity index (χ1n) is 8.68. The monoisotopic (exact) mass is 351 g/mol. The molecule has 134 valence electrons. The summed E-state index contributed by atoms with van der Waals surface area (Å²) in [6.07, 6.45) is 4.46. The number of halogens is 1. The van der Waals surface area contributed by atoms with E-state index in [1.54, 1.807) is 24.5 Å². The van der Waals surface area contributed by atoms with E-state index in [0.717, 1.165) is 23.2 Å². The van der Waals surface area contributed by atoms with Crippen molar-refractivity contribution in [2.75, 3.05) is 10.6 Å². The van der Waals surface area contributed by atoms with Gasteiger partial charge in [0.2, 0.25) is 5.95 Å². The van der Waals surface area contributed by atoms with E-state index in [1.165, 1.54) is 12.1 Å². The van der Waals surface area contributed by atoms with Gasteiger partial charge in [-0.15, -0.1) is 0 Å². The third kappa shape index (κ3) is 4.75. The molecule has 6 heteroatoms. The molecule has 2 aromatic heterocycles. The van der Waals surface area contributed by atoms with Crippen LogP contribution in [0.4, 0.5) is 16.2 Å². The van der Waals surface area contributed by atoms with Crippen molar-refractivity contribution in [2.45, 2.75) is 32.9 Å². The van der Waals surface area contributed by atoms with E-state index < -0.39 is 0 Å². The Bertz CT molecular complexity index is 837. The predicted octanol–water partition coefficient (Wildman–Crippen LogP) is 4.50. The Hall–Kier alpha value is -3.02. The molecular formula is C20H22FN5. The summed E-state index contributed by atoms with van der Waals surface area (Å²) in [5.41, 5.74) is 2.76. The van der Waals surface area contributed by atoms with Crippen molar-refractivity contribution in [1.29, 1.82) is 0 Å². The number of nitrogens with one attached hydrogen (secondary N) is 2. The molecule has 0 fully saturated rings. The highest BCUT2D eigenvalue weighted by atomic mass is 19.1. The average molecular weight is 351 g/mol. The first kappa shape index (κ1) is 17.8. The van der Waals surface area contributed by atoms with E-state index in [-0.39, 0.29) is 11.9 Å². The molecule has 26 heavy (non-hydrogen) atoms. The lowest BCUT2D eigenvalue weighted by molar-refractivity contribution is 0.627. The highest BCUT2D eigenvalue weighted by molar-refractivity contribution is 5.64. The van der Waals surface area contributed by atoms with Gasteiger partial charge >= 0.3 is 0 Å². The number of benzene rings is 1. The zero-order valence-electron chi connectivity index (χ0n) is 14.9. The van der Waals surface area contributed by atoms with Crippen molar-refractivity contribution in [3.63, 3.8) is 0 Å². The van der Waals surface area contributed by atoms with Gasteiger partial charge in [0.25, 0.3) is 0 Å². The normalized spacial score (nSPS) is 11.8. The van der Waals surface area contributed by atoms with Crippen molar-refractivity contribution in [1.82, 2.24) is 15.0 Å². The van der Waals surface area contributed by atoms with Crippen LogP contribution in [0.3, 0.4) is 0 Å². The minimum atomic E-state index is -0.240. The molecule has 0 aliphatic heterocycles. The minimum Gasteiger partial charge on any atom is -0.366 e. The van der Waals surface area contributed by atoms with Gasteiger partial charge in [0.1, 0.15) is 11.6 Å². The van der Waals surface area contributed by atoms with Crippen LogP contribution >= 0.6 is 0 Å². The topological polar surface area (TPSA) is 62.7 Å². The third-order valence-electron chi connectivity index (χ3n) is 4.08. The van der Waals surface area contributed by atoms with E-state index >= 15 is 0 Å². The fourth-order valence-corrected chi connectivity index (χ4v) is 2.39. The molecule has 1 aromatic carbocycles. The van der Waals surface area contributed by atoms with Crippen LogP contribution in [0.2, 0.25) is 0 Å². The molecule has 0 bridgehead atoms. The Morgan fingerprint density at radius 1 is 1.04 bits per heavy atom. The fourth-order valence-electron chi connectivity index (χ4n) is 2.39. The molecule has 0 saturated carbocycles. The highest BCUT2D eigenvalue weighted by Crippen LogP contribution is 2.22. The quantitative estimate of drug-likeness (QED) is 0.656. The molecule has 0 aliphatic rings. The summed E-state index contributed by atoms with van der Waals surface area (Å²) < 4.78 is 13.0. The third-order valence-corrected chi connectivity index (χ3v) is 4.08. The smallest absolute Gasteiger partial charge is 0.225 e. The van der Waals surface area contributed by atoms with Crippen LogP contribution in [0.25, 0.3) is 11.3 Å². The van der Waals surface area contributed by atoms with Crippen LogP contribution in [-0.4, -0.2) is 21.0 Å². The van der Waals surface area contributed by atoms with Gasteiger partial charge in [-0.2, -0.15) is 4.98 Å². The fraction of sp³-hybridized carbons (Fsp3) is 0.250. The SMILES string of the molecule is CC[C@@H](C)Nc1nc(NCc2ccc(F)cc2)cc(-c2ccncc2)n1. The Labute approximate surface area is 152 Å². The van der Waals surface area contributed by atoms with Gasteiger partial charge < -0.3 is 10.6 Å². The van der Waals surface area contributed by atoms with Crippen molar-refractivity contribution in [3.8, 4) is 11.3 Å². The van der Waals surface area contributed by atoms with Gasteiger partial charge in [-0.05, 0) is 43.2 Å². The lowest BCUT2D eigenvalue weighted by atomic mass is 10.2. The number of anilines is 2. The van der Waals surface area contributed by atoms with E-state index in [0.29, 0.717) is 18.3 Å². The summed E-state index contributed by atoms with van der Waals surface area (Å²) in [5, 5.41) is 6.61. The lowest BCUT2D eigenvalue weighted by Crippen LogP contribution is -2.16. The predicted molar refractivity (Wildman–Crippen MR) is 102 cm³/mol. The number of pyridine rings is 1. The number of nitrogens with zero attached hydrogens (tertiary/aromatic N) is 3. The Kier molecular flexibility index (Phi) is 5.73. The molecule has 0 aliphatic carbocycles. The summed E-state index contributed by atoms with van der Waals surface area (Å²) in [7, 11) is 0. The van der Waals surface area contributed by atoms with E-state index in [9.17, 15) is 4.39 Å². The zero-order valence-corrected chi connectivity index (χ0v) is 14.9. The molecule has 1 atom stereocenters. The molecule has 5 nitrogen and oxygen atoms in total. The molecule has 0 amide bonds. The standard InChI is InChI=1S/C20H22FN5/c1-3-14(2)24-20-25-18(16-8-10-22-11-9-16)12-19(26-20)23-13-15-4-6-17(21)7-5-15/h4-12,14H,3,13H2,1-2H3,(H2,23,24,25,26)/t14-/m1/s1.